The van der Waals surface area contributed by atoms with Gasteiger partial charge in [-0.15, -0.1) is 0 Å². The van der Waals surface area contributed by atoms with Gasteiger partial charge in [-0.1, -0.05) is 6.92 Å². The molecule has 18 heavy (non-hydrogen) atoms. The van der Waals surface area contributed by atoms with Gasteiger partial charge in [-0.2, -0.15) is 0 Å². The number of carbonyl (C=O) groups is 2. The van der Waals surface area contributed by atoms with Gasteiger partial charge in [-0.05, 0) is 19.8 Å². The highest BCUT2D eigenvalue weighted by atomic mass is 16.4. The zero-order valence-electron chi connectivity index (χ0n) is 11.0. The molecule has 2 unspecified atom stereocenters. The van der Waals surface area contributed by atoms with Crippen molar-refractivity contribution in [3.05, 3.63) is 0 Å². The van der Waals surface area contributed by atoms with E-state index in [2.05, 4.69) is 5.32 Å². The van der Waals surface area contributed by atoms with Gasteiger partial charge in [-0.3, -0.25) is 4.79 Å². The van der Waals surface area contributed by atoms with Crippen LogP contribution in [0.25, 0.3) is 0 Å². The Labute approximate surface area is 107 Å². The number of carboxylic acids is 1. The first kappa shape index (κ1) is 14.8. The number of nitrogens with zero attached hydrogens (tertiary/aromatic N) is 1. The van der Waals surface area contributed by atoms with Crippen molar-refractivity contribution in [2.24, 2.45) is 11.3 Å². The summed E-state index contributed by atoms with van der Waals surface area (Å²) in [5, 5.41) is 20.8. The SMILES string of the molecule is CCC(C)(CNC(=O)N1CCC(CO)C1)C(=O)O. The second-order valence-corrected chi connectivity index (χ2v) is 5.16. The van der Waals surface area contributed by atoms with Crippen molar-refractivity contribution < 1.29 is 19.8 Å². The number of carbonyl (C=O) groups excluding carboxylic acids is 1. The van der Waals surface area contributed by atoms with E-state index in [0.717, 1.165) is 6.42 Å². The highest BCUT2D eigenvalue weighted by molar-refractivity contribution is 5.78. The molecule has 0 bridgehead atoms. The predicted molar refractivity (Wildman–Crippen MR) is 66.2 cm³/mol. The number of aliphatic carboxylic acids is 1. The summed E-state index contributed by atoms with van der Waals surface area (Å²) in [6.45, 7) is 4.78. The van der Waals surface area contributed by atoms with Crippen LogP contribution in [0.3, 0.4) is 0 Å². The molecule has 6 heteroatoms. The van der Waals surface area contributed by atoms with Crippen molar-refractivity contribution in [3.8, 4) is 0 Å². The zero-order chi connectivity index (χ0) is 13.8. The van der Waals surface area contributed by atoms with Crippen LogP contribution in [0.2, 0.25) is 0 Å². The van der Waals surface area contributed by atoms with E-state index in [4.69, 9.17) is 10.2 Å². The van der Waals surface area contributed by atoms with Gasteiger partial charge in [0.05, 0.1) is 5.41 Å². The van der Waals surface area contributed by atoms with Crippen LogP contribution in [0.5, 0.6) is 0 Å². The predicted octanol–water partition coefficient (Wildman–Crippen LogP) is 0.511. The molecule has 1 aliphatic heterocycles. The van der Waals surface area contributed by atoms with E-state index in [1.165, 1.54) is 0 Å². The monoisotopic (exact) mass is 258 g/mol. The molecule has 1 aliphatic rings. The lowest BCUT2D eigenvalue weighted by Gasteiger charge is -2.25. The van der Waals surface area contributed by atoms with Crippen LogP contribution in [-0.4, -0.2) is 53.4 Å². The minimum atomic E-state index is -0.925. The van der Waals surface area contributed by atoms with E-state index < -0.39 is 11.4 Å². The van der Waals surface area contributed by atoms with Crippen molar-refractivity contribution in [2.45, 2.75) is 26.7 Å². The fourth-order valence-corrected chi connectivity index (χ4v) is 1.90. The van der Waals surface area contributed by atoms with Gasteiger partial charge in [0, 0.05) is 32.2 Å². The summed E-state index contributed by atoms with van der Waals surface area (Å²) in [5.41, 5.74) is -0.925. The molecule has 0 aromatic rings. The summed E-state index contributed by atoms with van der Waals surface area (Å²) in [4.78, 5) is 24.5. The number of hydrogen-bond donors (Lipinski definition) is 3. The maximum atomic E-state index is 11.8. The van der Waals surface area contributed by atoms with Gasteiger partial charge < -0.3 is 20.4 Å². The van der Waals surface area contributed by atoms with Gasteiger partial charge in [0.25, 0.3) is 0 Å². The van der Waals surface area contributed by atoms with E-state index >= 15 is 0 Å². The summed E-state index contributed by atoms with van der Waals surface area (Å²) < 4.78 is 0. The van der Waals surface area contributed by atoms with Crippen LogP contribution < -0.4 is 5.32 Å². The van der Waals surface area contributed by atoms with Crippen LogP contribution in [-0.2, 0) is 4.79 Å². The Bertz CT molecular complexity index is 321. The molecular formula is C12H22N2O4. The Morgan fingerprint density at radius 1 is 1.50 bits per heavy atom. The maximum Gasteiger partial charge on any atom is 0.317 e. The molecule has 2 atom stereocenters. The fourth-order valence-electron chi connectivity index (χ4n) is 1.90. The lowest BCUT2D eigenvalue weighted by Crippen LogP contribution is -2.45. The molecule has 0 saturated carbocycles. The summed E-state index contributed by atoms with van der Waals surface area (Å²) in [5.74, 6) is -0.757. The first-order valence-electron chi connectivity index (χ1n) is 6.30. The minimum Gasteiger partial charge on any atom is -0.481 e. The van der Waals surface area contributed by atoms with E-state index in [1.54, 1.807) is 18.7 Å². The van der Waals surface area contributed by atoms with E-state index in [1.807, 2.05) is 0 Å². The maximum absolute atomic E-state index is 11.8. The number of amides is 2. The Morgan fingerprint density at radius 3 is 2.61 bits per heavy atom. The molecule has 1 saturated heterocycles. The number of nitrogens with one attached hydrogen (secondary N) is 1. The Balaban J connectivity index is 2.44. The largest absolute Gasteiger partial charge is 0.481 e. The second kappa shape index (κ2) is 6.04. The van der Waals surface area contributed by atoms with Gasteiger partial charge in [0.1, 0.15) is 0 Å². The number of urea groups is 1. The van der Waals surface area contributed by atoms with E-state index in [9.17, 15) is 9.59 Å². The van der Waals surface area contributed by atoms with Crippen LogP contribution in [0.4, 0.5) is 4.79 Å². The topological polar surface area (TPSA) is 89.9 Å². The molecule has 1 rings (SSSR count). The molecule has 104 valence electrons. The van der Waals surface area contributed by atoms with E-state index in [0.29, 0.717) is 19.5 Å². The van der Waals surface area contributed by atoms with Crippen molar-refractivity contribution in [1.29, 1.82) is 0 Å². The highest BCUT2D eigenvalue weighted by Gasteiger charge is 2.33. The molecule has 0 aromatic carbocycles. The molecule has 6 nitrogen and oxygen atoms in total. The molecule has 0 radical (unpaired) electrons. The zero-order valence-corrected chi connectivity index (χ0v) is 11.0. The van der Waals surface area contributed by atoms with Crippen LogP contribution in [0, 0.1) is 11.3 Å². The smallest absolute Gasteiger partial charge is 0.317 e. The summed E-state index contributed by atoms with van der Waals surface area (Å²) >= 11 is 0. The van der Waals surface area contributed by atoms with Gasteiger partial charge in [-0.25, -0.2) is 4.79 Å². The minimum absolute atomic E-state index is 0.0889. The lowest BCUT2D eigenvalue weighted by molar-refractivity contribution is -0.147. The Hall–Kier alpha value is -1.30. The van der Waals surface area contributed by atoms with Crippen LogP contribution >= 0.6 is 0 Å². The number of carboxylic acid groups (broad SMARTS) is 1. The van der Waals surface area contributed by atoms with Crippen LogP contribution in [0.1, 0.15) is 26.7 Å². The van der Waals surface area contributed by atoms with Crippen molar-refractivity contribution in [3.63, 3.8) is 0 Å². The van der Waals surface area contributed by atoms with Gasteiger partial charge in [0.2, 0.25) is 0 Å². The van der Waals surface area contributed by atoms with Crippen molar-refractivity contribution >= 4 is 12.0 Å². The van der Waals surface area contributed by atoms with Gasteiger partial charge in [0.15, 0.2) is 0 Å². The molecule has 1 fully saturated rings. The third-order valence-electron chi connectivity index (χ3n) is 3.76. The number of aliphatic hydroxyl groups is 1. The van der Waals surface area contributed by atoms with Crippen molar-refractivity contribution in [2.75, 3.05) is 26.2 Å². The standard InChI is InChI=1S/C12H22N2O4/c1-3-12(2,10(16)17)8-13-11(18)14-5-4-9(6-14)7-15/h9,15H,3-8H2,1-2H3,(H,13,18)(H,16,17). The summed E-state index contributed by atoms with van der Waals surface area (Å²) in [6, 6.07) is -0.244. The molecule has 0 aliphatic carbocycles. The molecule has 3 N–H and O–H groups in total. The Kier molecular flexibility index (Phi) is 4.95. The number of likely N-dealkylation sites (tertiary alicyclic amines) is 1. The average Bonchev–Trinajstić information content (AvgIpc) is 2.84. The number of hydrogen-bond acceptors (Lipinski definition) is 3. The number of rotatable bonds is 5. The van der Waals surface area contributed by atoms with Gasteiger partial charge >= 0.3 is 12.0 Å². The molecular weight excluding hydrogens is 236 g/mol. The number of aliphatic hydroxyl groups excluding tert-OH is 1. The Morgan fingerprint density at radius 2 is 2.17 bits per heavy atom. The molecule has 2 amide bonds. The van der Waals surface area contributed by atoms with E-state index in [-0.39, 0.29) is 25.1 Å². The summed E-state index contributed by atoms with van der Waals surface area (Å²) in [6.07, 6.45) is 1.26. The van der Waals surface area contributed by atoms with Crippen LogP contribution in [0.15, 0.2) is 0 Å². The molecule has 0 spiro atoms. The quantitative estimate of drug-likeness (QED) is 0.670. The highest BCUT2D eigenvalue weighted by Crippen LogP contribution is 2.20. The second-order valence-electron chi connectivity index (χ2n) is 5.16. The summed E-state index contributed by atoms with van der Waals surface area (Å²) in [7, 11) is 0. The third kappa shape index (κ3) is 3.35. The van der Waals surface area contributed by atoms with Crippen molar-refractivity contribution in [1.82, 2.24) is 10.2 Å². The first-order chi connectivity index (χ1) is 8.42. The average molecular weight is 258 g/mol. The third-order valence-corrected chi connectivity index (χ3v) is 3.76. The normalized spacial score (nSPS) is 22.6. The fraction of sp³-hybridized carbons (Fsp3) is 0.833. The molecule has 1 heterocycles. The molecule has 0 aromatic heterocycles. The first-order valence-corrected chi connectivity index (χ1v) is 6.30. The lowest BCUT2D eigenvalue weighted by atomic mass is 9.88.